The van der Waals surface area contributed by atoms with Gasteiger partial charge in [-0.25, -0.2) is 0 Å². The van der Waals surface area contributed by atoms with Crippen molar-refractivity contribution in [2.24, 2.45) is 0 Å². The summed E-state index contributed by atoms with van der Waals surface area (Å²) in [5.74, 6) is 0.189. The molecule has 0 aromatic heterocycles. The van der Waals surface area contributed by atoms with Crippen LogP contribution in [0, 0.1) is 11.3 Å². The molecule has 0 aliphatic rings. The first-order valence-corrected chi connectivity index (χ1v) is 5.43. The number of hydrogen-bond acceptors (Lipinski definition) is 3. The van der Waals surface area contributed by atoms with E-state index < -0.39 is 5.91 Å². The van der Waals surface area contributed by atoms with E-state index in [2.05, 4.69) is 6.92 Å². The van der Waals surface area contributed by atoms with Crippen molar-refractivity contribution in [3.05, 3.63) is 29.3 Å². The standard InChI is InChI=1S/C13H16N2O2/c1-4-10-5-6-12(17-3)11(7-10)9-15(2)13(16)8-14/h5-7H,4,9H2,1-3H3. The first-order chi connectivity index (χ1) is 8.12. The fourth-order valence-corrected chi connectivity index (χ4v) is 1.59. The summed E-state index contributed by atoms with van der Waals surface area (Å²) >= 11 is 0. The predicted octanol–water partition coefficient (Wildman–Crippen LogP) is 1.74. The van der Waals surface area contributed by atoms with E-state index in [4.69, 9.17) is 10.00 Å². The van der Waals surface area contributed by atoms with Crippen molar-refractivity contribution >= 4 is 5.91 Å². The second-order valence-corrected chi connectivity index (χ2v) is 3.77. The lowest BCUT2D eigenvalue weighted by atomic mass is 10.1. The van der Waals surface area contributed by atoms with Gasteiger partial charge in [-0.05, 0) is 18.1 Å². The largest absolute Gasteiger partial charge is 0.496 e. The maximum Gasteiger partial charge on any atom is 0.325 e. The first-order valence-electron chi connectivity index (χ1n) is 5.43. The van der Waals surface area contributed by atoms with Crippen LogP contribution >= 0.6 is 0 Å². The molecule has 0 heterocycles. The number of benzene rings is 1. The number of rotatable bonds is 4. The summed E-state index contributed by atoms with van der Waals surface area (Å²) in [6, 6.07) is 7.48. The molecule has 0 atom stereocenters. The van der Waals surface area contributed by atoms with Crippen molar-refractivity contribution in [1.82, 2.24) is 4.90 Å². The summed E-state index contributed by atoms with van der Waals surface area (Å²) in [5.41, 5.74) is 2.09. The van der Waals surface area contributed by atoms with Gasteiger partial charge in [-0.1, -0.05) is 19.1 Å². The monoisotopic (exact) mass is 232 g/mol. The predicted molar refractivity (Wildman–Crippen MR) is 64.5 cm³/mol. The van der Waals surface area contributed by atoms with Gasteiger partial charge >= 0.3 is 5.91 Å². The third-order valence-electron chi connectivity index (χ3n) is 2.60. The van der Waals surface area contributed by atoms with Crippen molar-refractivity contribution in [2.75, 3.05) is 14.2 Å². The highest BCUT2D eigenvalue weighted by atomic mass is 16.5. The Morgan fingerprint density at radius 1 is 1.53 bits per heavy atom. The topological polar surface area (TPSA) is 53.3 Å². The average Bonchev–Trinajstić information content (AvgIpc) is 2.37. The Kier molecular flexibility index (Phi) is 4.53. The first kappa shape index (κ1) is 13.0. The zero-order valence-corrected chi connectivity index (χ0v) is 10.4. The van der Waals surface area contributed by atoms with Gasteiger partial charge in [-0.3, -0.25) is 4.79 Å². The number of hydrogen-bond donors (Lipinski definition) is 0. The van der Waals surface area contributed by atoms with Gasteiger partial charge in [-0.15, -0.1) is 0 Å². The fraction of sp³-hybridized carbons (Fsp3) is 0.385. The molecule has 0 fully saturated rings. The third kappa shape index (κ3) is 3.22. The normalized spacial score (nSPS) is 9.53. The zero-order chi connectivity index (χ0) is 12.8. The minimum absolute atomic E-state index is 0.378. The van der Waals surface area contributed by atoms with Gasteiger partial charge < -0.3 is 9.64 Å². The molecule has 1 aromatic rings. The molecule has 4 heteroatoms. The summed E-state index contributed by atoms with van der Waals surface area (Å²) in [6.07, 6.45) is 0.924. The van der Waals surface area contributed by atoms with Gasteiger partial charge in [0.05, 0.1) is 7.11 Å². The van der Waals surface area contributed by atoms with Gasteiger partial charge in [0.15, 0.2) is 6.07 Å². The van der Waals surface area contributed by atoms with E-state index in [1.165, 1.54) is 10.5 Å². The maximum absolute atomic E-state index is 11.2. The molecule has 17 heavy (non-hydrogen) atoms. The van der Waals surface area contributed by atoms with Crippen molar-refractivity contribution in [3.8, 4) is 11.8 Å². The maximum atomic E-state index is 11.2. The Hall–Kier alpha value is -2.02. The van der Waals surface area contributed by atoms with Crippen LogP contribution in [-0.4, -0.2) is 25.0 Å². The summed E-state index contributed by atoms with van der Waals surface area (Å²) in [6.45, 7) is 2.44. The minimum atomic E-state index is -0.547. The van der Waals surface area contributed by atoms with Crippen LogP contribution in [0.5, 0.6) is 5.75 Å². The van der Waals surface area contributed by atoms with E-state index in [0.717, 1.165) is 17.7 Å². The highest BCUT2D eigenvalue weighted by molar-refractivity contribution is 5.90. The van der Waals surface area contributed by atoms with Gasteiger partial charge in [0.1, 0.15) is 5.75 Å². The lowest BCUT2D eigenvalue weighted by Crippen LogP contribution is -2.24. The van der Waals surface area contributed by atoms with Crippen LogP contribution < -0.4 is 4.74 Å². The van der Waals surface area contributed by atoms with Gasteiger partial charge in [0, 0.05) is 19.2 Å². The molecule has 0 radical (unpaired) electrons. The van der Waals surface area contributed by atoms with Crippen molar-refractivity contribution in [3.63, 3.8) is 0 Å². The molecule has 90 valence electrons. The Morgan fingerprint density at radius 3 is 2.76 bits per heavy atom. The number of aryl methyl sites for hydroxylation is 1. The molecule has 0 aliphatic heterocycles. The van der Waals surface area contributed by atoms with E-state index in [1.807, 2.05) is 18.2 Å². The highest BCUT2D eigenvalue weighted by Gasteiger charge is 2.11. The third-order valence-corrected chi connectivity index (χ3v) is 2.60. The van der Waals surface area contributed by atoms with Crippen LogP contribution in [0.15, 0.2) is 18.2 Å². The number of methoxy groups -OCH3 is 1. The lowest BCUT2D eigenvalue weighted by Gasteiger charge is -2.16. The number of nitriles is 1. The van der Waals surface area contributed by atoms with Crippen LogP contribution in [0.1, 0.15) is 18.1 Å². The molecular formula is C13H16N2O2. The van der Waals surface area contributed by atoms with Crippen molar-refractivity contribution < 1.29 is 9.53 Å². The molecule has 1 amide bonds. The smallest absolute Gasteiger partial charge is 0.325 e. The molecule has 0 unspecified atom stereocenters. The Bertz CT molecular complexity index is 449. The Morgan fingerprint density at radius 2 is 2.24 bits per heavy atom. The van der Waals surface area contributed by atoms with Crippen LogP contribution in [0.25, 0.3) is 0 Å². The SMILES string of the molecule is CCc1ccc(OC)c(CN(C)C(=O)C#N)c1. The molecule has 0 spiro atoms. The number of nitrogens with zero attached hydrogens (tertiary/aromatic N) is 2. The summed E-state index contributed by atoms with van der Waals surface area (Å²) < 4.78 is 5.24. The van der Waals surface area contributed by atoms with E-state index in [-0.39, 0.29) is 0 Å². The summed E-state index contributed by atoms with van der Waals surface area (Å²) in [4.78, 5) is 12.6. The molecule has 0 saturated carbocycles. The second-order valence-electron chi connectivity index (χ2n) is 3.77. The molecule has 4 nitrogen and oxygen atoms in total. The van der Waals surface area contributed by atoms with Crippen LogP contribution in [0.2, 0.25) is 0 Å². The molecule has 0 aliphatic carbocycles. The van der Waals surface area contributed by atoms with Crippen LogP contribution in [0.3, 0.4) is 0 Å². The second kappa shape index (κ2) is 5.90. The van der Waals surface area contributed by atoms with E-state index in [1.54, 1.807) is 20.2 Å². The van der Waals surface area contributed by atoms with E-state index in [9.17, 15) is 4.79 Å². The number of amides is 1. The van der Waals surface area contributed by atoms with Crippen molar-refractivity contribution in [1.29, 1.82) is 5.26 Å². The Balaban J connectivity index is 2.95. The number of ether oxygens (including phenoxy) is 1. The zero-order valence-electron chi connectivity index (χ0n) is 10.4. The molecule has 1 aromatic carbocycles. The number of carbonyl (C=O) groups excluding carboxylic acids is 1. The van der Waals surface area contributed by atoms with Crippen LogP contribution in [-0.2, 0) is 17.8 Å². The molecule has 1 rings (SSSR count). The number of carbonyl (C=O) groups is 1. The summed E-state index contributed by atoms with van der Waals surface area (Å²) in [5, 5.41) is 8.54. The quantitative estimate of drug-likeness (QED) is 0.743. The lowest BCUT2D eigenvalue weighted by molar-refractivity contribution is -0.124. The van der Waals surface area contributed by atoms with Gasteiger partial charge in [0.25, 0.3) is 0 Å². The van der Waals surface area contributed by atoms with E-state index >= 15 is 0 Å². The van der Waals surface area contributed by atoms with Gasteiger partial charge in [0.2, 0.25) is 0 Å². The van der Waals surface area contributed by atoms with Crippen molar-refractivity contribution in [2.45, 2.75) is 19.9 Å². The molecule has 0 N–H and O–H groups in total. The van der Waals surface area contributed by atoms with Crippen LogP contribution in [0.4, 0.5) is 0 Å². The van der Waals surface area contributed by atoms with Gasteiger partial charge in [-0.2, -0.15) is 5.26 Å². The molecular weight excluding hydrogens is 216 g/mol. The van der Waals surface area contributed by atoms with E-state index in [0.29, 0.717) is 6.54 Å². The fourth-order valence-electron chi connectivity index (χ4n) is 1.59. The highest BCUT2D eigenvalue weighted by Crippen LogP contribution is 2.21. The molecule has 0 bridgehead atoms. The summed E-state index contributed by atoms with van der Waals surface area (Å²) in [7, 11) is 3.19. The minimum Gasteiger partial charge on any atom is -0.496 e. The molecule has 0 saturated heterocycles. The Labute approximate surface area is 101 Å². The average molecular weight is 232 g/mol.